The average Bonchev–Trinajstić information content (AvgIpc) is 2.47. The summed E-state index contributed by atoms with van der Waals surface area (Å²) < 4.78 is 18.3. The predicted molar refractivity (Wildman–Crippen MR) is 75.6 cm³/mol. The number of fused-ring (bicyclic) bond motifs is 1. The molecule has 2 aromatic carbocycles. The standard InChI is InChI=1S/C16H10FNO2/c17-12-8-5-11(6-9-12)7-10-15-18-16(19)13-3-1-2-4-14(13)20-15/h1-10H. The summed E-state index contributed by atoms with van der Waals surface area (Å²) >= 11 is 0. The molecule has 3 nitrogen and oxygen atoms in total. The first kappa shape index (κ1) is 12.3. The van der Waals surface area contributed by atoms with Crippen molar-refractivity contribution < 1.29 is 8.81 Å². The molecule has 0 saturated carbocycles. The van der Waals surface area contributed by atoms with Crippen LogP contribution in [0.3, 0.4) is 0 Å². The minimum Gasteiger partial charge on any atom is -0.438 e. The summed E-state index contributed by atoms with van der Waals surface area (Å²) in [5.74, 6) is -0.0736. The quantitative estimate of drug-likeness (QED) is 0.713. The third kappa shape index (κ3) is 2.49. The normalized spacial score (nSPS) is 11.2. The Bertz CT molecular complexity index is 835. The summed E-state index contributed by atoms with van der Waals surface area (Å²) in [6.45, 7) is 0. The van der Waals surface area contributed by atoms with Gasteiger partial charge in [0, 0.05) is 6.08 Å². The van der Waals surface area contributed by atoms with Gasteiger partial charge >= 0.3 is 0 Å². The van der Waals surface area contributed by atoms with Crippen LogP contribution in [-0.2, 0) is 0 Å². The van der Waals surface area contributed by atoms with Crippen molar-refractivity contribution in [2.75, 3.05) is 0 Å². The van der Waals surface area contributed by atoms with E-state index >= 15 is 0 Å². The number of hydrogen-bond acceptors (Lipinski definition) is 3. The first-order chi connectivity index (χ1) is 9.72. The van der Waals surface area contributed by atoms with Gasteiger partial charge < -0.3 is 4.42 Å². The van der Waals surface area contributed by atoms with Crippen LogP contribution in [0.5, 0.6) is 0 Å². The van der Waals surface area contributed by atoms with Gasteiger partial charge in [0.25, 0.3) is 5.56 Å². The fourth-order valence-electron chi connectivity index (χ4n) is 1.84. The molecule has 3 rings (SSSR count). The topological polar surface area (TPSA) is 43.1 Å². The minimum atomic E-state index is -0.328. The van der Waals surface area contributed by atoms with Crippen molar-refractivity contribution in [3.8, 4) is 0 Å². The number of aromatic nitrogens is 1. The number of benzene rings is 2. The first-order valence-corrected chi connectivity index (χ1v) is 6.06. The van der Waals surface area contributed by atoms with Gasteiger partial charge in [-0.05, 0) is 35.9 Å². The van der Waals surface area contributed by atoms with E-state index in [9.17, 15) is 9.18 Å². The lowest BCUT2D eigenvalue weighted by molar-refractivity contribution is 0.563. The third-order valence-electron chi connectivity index (χ3n) is 2.83. The molecule has 20 heavy (non-hydrogen) atoms. The van der Waals surface area contributed by atoms with E-state index < -0.39 is 0 Å². The largest absolute Gasteiger partial charge is 0.438 e. The molecule has 1 heterocycles. The Morgan fingerprint density at radius 1 is 1.00 bits per heavy atom. The van der Waals surface area contributed by atoms with Crippen LogP contribution in [0, 0.1) is 5.82 Å². The number of halogens is 1. The smallest absolute Gasteiger partial charge is 0.284 e. The van der Waals surface area contributed by atoms with Gasteiger partial charge in [-0.25, -0.2) is 4.39 Å². The van der Waals surface area contributed by atoms with E-state index in [1.165, 1.54) is 12.1 Å². The second kappa shape index (κ2) is 5.09. The van der Waals surface area contributed by atoms with Gasteiger partial charge in [0.05, 0.1) is 5.39 Å². The molecule has 1 aromatic heterocycles. The van der Waals surface area contributed by atoms with Crippen molar-refractivity contribution in [3.63, 3.8) is 0 Å². The summed E-state index contributed by atoms with van der Waals surface area (Å²) in [5.41, 5.74) is 0.959. The molecule has 98 valence electrons. The van der Waals surface area contributed by atoms with Gasteiger partial charge in [-0.3, -0.25) is 4.79 Å². The zero-order valence-electron chi connectivity index (χ0n) is 10.4. The minimum absolute atomic E-state index is 0.220. The van der Waals surface area contributed by atoms with Crippen LogP contribution in [0.2, 0.25) is 0 Å². The molecule has 0 aliphatic heterocycles. The summed E-state index contributed by atoms with van der Waals surface area (Å²) in [6, 6.07) is 12.9. The molecule has 0 spiro atoms. The van der Waals surface area contributed by atoms with Crippen LogP contribution in [0.15, 0.2) is 57.7 Å². The van der Waals surface area contributed by atoms with Crippen molar-refractivity contribution in [3.05, 3.63) is 76.2 Å². The van der Waals surface area contributed by atoms with Crippen LogP contribution in [-0.4, -0.2) is 4.98 Å². The number of para-hydroxylation sites is 1. The molecular weight excluding hydrogens is 257 g/mol. The lowest BCUT2D eigenvalue weighted by Gasteiger charge is -1.97. The lowest BCUT2D eigenvalue weighted by Crippen LogP contribution is -2.06. The summed E-state index contributed by atoms with van der Waals surface area (Å²) in [6.07, 6.45) is 3.29. The van der Waals surface area contributed by atoms with Crippen LogP contribution >= 0.6 is 0 Å². The molecule has 3 aromatic rings. The van der Waals surface area contributed by atoms with E-state index in [2.05, 4.69) is 4.98 Å². The molecule has 0 fully saturated rings. The highest BCUT2D eigenvalue weighted by Gasteiger charge is 2.02. The zero-order chi connectivity index (χ0) is 13.9. The van der Waals surface area contributed by atoms with E-state index in [0.29, 0.717) is 11.0 Å². The highest BCUT2D eigenvalue weighted by molar-refractivity contribution is 5.76. The molecule has 0 radical (unpaired) electrons. The molecule has 0 aliphatic rings. The van der Waals surface area contributed by atoms with Gasteiger partial charge in [0.1, 0.15) is 11.4 Å². The van der Waals surface area contributed by atoms with Crippen LogP contribution in [0.1, 0.15) is 11.5 Å². The van der Waals surface area contributed by atoms with Crippen LogP contribution in [0.25, 0.3) is 23.1 Å². The number of rotatable bonds is 2. The number of nitrogens with zero attached hydrogens (tertiary/aromatic N) is 1. The Morgan fingerprint density at radius 3 is 2.55 bits per heavy atom. The Hall–Kier alpha value is -2.75. The SMILES string of the molecule is O=c1nc(C=Cc2ccc(F)cc2)oc2ccccc12. The van der Waals surface area contributed by atoms with Gasteiger partial charge in [-0.2, -0.15) is 4.98 Å². The highest BCUT2D eigenvalue weighted by atomic mass is 19.1. The van der Waals surface area contributed by atoms with Crippen molar-refractivity contribution in [1.82, 2.24) is 4.98 Å². The van der Waals surface area contributed by atoms with Crippen molar-refractivity contribution in [2.24, 2.45) is 0 Å². The summed E-state index contributed by atoms with van der Waals surface area (Å²) in [4.78, 5) is 15.7. The average molecular weight is 267 g/mol. The van der Waals surface area contributed by atoms with E-state index in [1.54, 1.807) is 48.6 Å². The maximum Gasteiger partial charge on any atom is 0.284 e. The van der Waals surface area contributed by atoms with Gasteiger partial charge in [-0.15, -0.1) is 0 Å². The highest BCUT2D eigenvalue weighted by Crippen LogP contribution is 2.12. The second-order valence-electron chi connectivity index (χ2n) is 4.24. The molecular formula is C16H10FNO2. The van der Waals surface area contributed by atoms with Gasteiger partial charge in [-0.1, -0.05) is 24.3 Å². The first-order valence-electron chi connectivity index (χ1n) is 6.06. The lowest BCUT2D eigenvalue weighted by atomic mass is 10.2. The molecule has 0 unspecified atom stereocenters. The molecule has 0 bridgehead atoms. The fourth-order valence-corrected chi connectivity index (χ4v) is 1.84. The van der Waals surface area contributed by atoms with E-state index in [-0.39, 0.29) is 17.3 Å². The molecule has 0 atom stereocenters. The zero-order valence-corrected chi connectivity index (χ0v) is 10.4. The predicted octanol–water partition coefficient (Wildman–Crippen LogP) is 3.50. The van der Waals surface area contributed by atoms with Gasteiger partial charge in [0.2, 0.25) is 5.89 Å². The Balaban J connectivity index is 1.98. The maximum absolute atomic E-state index is 12.8. The van der Waals surface area contributed by atoms with E-state index in [4.69, 9.17) is 4.42 Å². The van der Waals surface area contributed by atoms with Crippen LogP contribution in [0.4, 0.5) is 4.39 Å². The van der Waals surface area contributed by atoms with E-state index in [0.717, 1.165) is 5.56 Å². The maximum atomic E-state index is 12.8. The molecule has 0 saturated heterocycles. The van der Waals surface area contributed by atoms with Crippen molar-refractivity contribution in [2.45, 2.75) is 0 Å². The molecule has 0 N–H and O–H groups in total. The Labute approximate surface area is 114 Å². The van der Waals surface area contributed by atoms with Crippen LogP contribution < -0.4 is 5.56 Å². The monoisotopic (exact) mass is 267 g/mol. The van der Waals surface area contributed by atoms with E-state index in [1.807, 2.05) is 0 Å². The van der Waals surface area contributed by atoms with Crippen molar-refractivity contribution >= 4 is 23.1 Å². The summed E-state index contributed by atoms with van der Waals surface area (Å²) in [5, 5.41) is 0.450. The number of hydrogen-bond donors (Lipinski definition) is 0. The Kier molecular flexibility index (Phi) is 3.13. The molecule has 0 amide bonds. The second-order valence-corrected chi connectivity index (χ2v) is 4.24. The van der Waals surface area contributed by atoms with Crippen molar-refractivity contribution in [1.29, 1.82) is 0 Å². The van der Waals surface area contributed by atoms with Gasteiger partial charge in [0.15, 0.2) is 0 Å². The fraction of sp³-hybridized carbons (Fsp3) is 0. The third-order valence-corrected chi connectivity index (χ3v) is 2.83. The molecule has 4 heteroatoms. The summed E-state index contributed by atoms with van der Waals surface area (Å²) in [7, 11) is 0. The molecule has 0 aliphatic carbocycles. The Morgan fingerprint density at radius 2 is 1.75 bits per heavy atom.